The molecule has 0 spiro atoms. The van der Waals surface area contributed by atoms with Crippen molar-refractivity contribution in [3.63, 3.8) is 0 Å². The lowest BCUT2D eigenvalue weighted by Gasteiger charge is -2.26. The van der Waals surface area contributed by atoms with Crippen molar-refractivity contribution in [3.8, 4) is 0 Å². The van der Waals surface area contributed by atoms with Crippen LogP contribution in [0.2, 0.25) is 0 Å². The smallest absolute Gasteiger partial charge is 0.330 e. The van der Waals surface area contributed by atoms with Crippen molar-refractivity contribution in [2.45, 2.75) is 52.7 Å². The van der Waals surface area contributed by atoms with Crippen LogP contribution in [0.4, 0.5) is 11.5 Å². The molecule has 0 saturated carbocycles. The third-order valence-electron chi connectivity index (χ3n) is 3.18. The predicted octanol–water partition coefficient (Wildman–Crippen LogP) is 0.738. The van der Waals surface area contributed by atoms with Crippen LogP contribution in [0.5, 0.6) is 0 Å². The third-order valence-corrected chi connectivity index (χ3v) is 3.18. The maximum atomic E-state index is 11.9. The van der Waals surface area contributed by atoms with Crippen LogP contribution in [0.15, 0.2) is 9.59 Å². The first-order valence-electron chi connectivity index (χ1n) is 7.26. The molecule has 0 fully saturated rings. The lowest BCUT2D eigenvalue weighted by molar-refractivity contribution is 0.0515. The molecule has 0 saturated heterocycles. The second-order valence-electron chi connectivity index (χ2n) is 6.12. The maximum absolute atomic E-state index is 11.9. The second kappa shape index (κ2) is 6.80. The average molecular weight is 298 g/mol. The molecule has 0 amide bonds. The van der Waals surface area contributed by atoms with Crippen molar-refractivity contribution < 1.29 is 5.11 Å². The summed E-state index contributed by atoms with van der Waals surface area (Å²) in [6.07, 6.45) is 1.31. The molecule has 1 aromatic heterocycles. The first-order chi connectivity index (χ1) is 9.68. The van der Waals surface area contributed by atoms with Gasteiger partial charge < -0.3 is 16.2 Å². The molecule has 0 radical (unpaired) electrons. The van der Waals surface area contributed by atoms with Gasteiger partial charge in [0.1, 0.15) is 11.5 Å². The number of nitrogens with two attached hydrogens (primary N) is 1. The summed E-state index contributed by atoms with van der Waals surface area (Å²) < 4.78 is 1.32. The van der Waals surface area contributed by atoms with Crippen LogP contribution in [0.1, 0.15) is 40.5 Å². The summed E-state index contributed by atoms with van der Waals surface area (Å²) in [4.78, 5) is 25.8. The van der Waals surface area contributed by atoms with E-state index in [1.165, 1.54) is 4.57 Å². The van der Waals surface area contributed by atoms with Gasteiger partial charge in [0.25, 0.3) is 5.56 Å². The van der Waals surface area contributed by atoms with Gasteiger partial charge in [-0.05, 0) is 25.7 Å². The summed E-state index contributed by atoms with van der Waals surface area (Å²) in [7, 11) is 0. The minimum atomic E-state index is -0.960. The highest BCUT2D eigenvalue weighted by Gasteiger charge is 2.23. The number of rotatable bonds is 7. The van der Waals surface area contributed by atoms with Gasteiger partial charge in [0.15, 0.2) is 0 Å². The summed E-state index contributed by atoms with van der Waals surface area (Å²) in [5.74, 6) is 0.428. The van der Waals surface area contributed by atoms with Crippen LogP contribution >= 0.6 is 0 Å². The van der Waals surface area contributed by atoms with E-state index in [-0.39, 0.29) is 18.1 Å². The van der Waals surface area contributed by atoms with Crippen molar-refractivity contribution in [3.05, 3.63) is 20.8 Å². The Bertz CT molecular complexity index is 587. The van der Waals surface area contributed by atoms with Gasteiger partial charge in [-0.1, -0.05) is 20.8 Å². The van der Waals surface area contributed by atoms with Gasteiger partial charge in [-0.15, -0.1) is 0 Å². The minimum absolute atomic E-state index is 0.103. The highest BCUT2D eigenvalue weighted by molar-refractivity contribution is 5.60. The largest absolute Gasteiger partial charge is 0.388 e. The van der Waals surface area contributed by atoms with Crippen molar-refractivity contribution in [2.75, 3.05) is 17.6 Å². The van der Waals surface area contributed by atoms with E-state index in [1.54, 1.807) is 6.92 Å². The third kappa shape index (κ3) is 4.63. The van der Waals surface area contributed by atoms with Crippen LogP contribution in [0.3, 0.4) is 0 Å². The monoisotopic (exact) mass is 298 g/mol. The van der Waals surface area contributed by atoms with Gasteiger partial charge in [0.05, 0.1) is 5.60 Å². The van der Waals surface area contributed by atoms with Gasteiger partial charge in [0, 0.05) is 13.1 Å². The molecular weight excluding hydrogens is 272 g/mol. The molecule has 1 rings (SSSR count). The SMILES string of the molecule is CCCn1c(N)c(NCC(C)(O)CC(C)C)c(=O)[nH]c1=O. The van der Waals surface area contributed by atoms with Crippen molar-refractivity contribution >= 4 is 11.5 Å². The molecule has 1 unspecified atom stereocenters. The van der Waals surface area contributed by atoms with Gasteiger partial charge in [-0.2, -0.15) is 0 Å². The Kier molecular flexibility index (Phi) is 5.60. The number of nitrogens with zero attached hydrogens (tertiary/aromatic N) is 1. The number of anilines is 2. The topological polar surface area (TPSA) is 113 Å². The Balaban J connectivity index is 3.01. The molecule has 0 aliphatic heterocycles. The van der Waals surface area contributed by atoms with E-state index in [0.29, 0.717) is 18.9 Å². The number of hydrogen-bond acceptors (Lipinski definition) is 5. The zero-order valence-corrected chi connectivity index (χ0v) is 13.2. The van der Waals surface area contributed by atoms with Crippen LogP contribution < -0.4 is 22.3 Å². The summed E-state index contributed by atoms with van der Waals surface area (Å²) >= 11 is 0. The fraction of sp³-hybridized carbons (Fsp3) is 0.714. The number of H-pyrrole nitrogens is 1. The van der Waals surface area contributed by atoms with Crippen LogP contribution in [-0.4, -0.2) is 26.8 Å². The molecule has 0 aromatic carbocycles. The molecule has 0 aliphatic rings. The van der Waals surface area contributed by atoms with E-state index in [4.69, 9.17) is 5.73 Å². The molecule has 1 heterocycles. The average Bonchev–Trinajstić information content (AvgIpc) is 2.32. The molecule has 0 bridgehead atoms. The van der Waals surface area contributed by atoms with Gasteiger partial charge in [0.2, 0.25) is 0 Å². The molecule has 1 aromatic rings. The number of aromatic amines is 1. The number of hydrogen-bond donors (Lipinski definition) is 4. The molecule has 0 aliphatic carbocycles. The molecule has 7 nitrogen and oxygen atoms in total. The normalized spacial score (nSPS) is 14.2. The summed E-state index contributed by atoms with van der Waals surface area (Å²) in [5, 5.41) is 13.1. The summed E-state index contributed by atoms with van der Waals surface area (Å²) in [6.45, 7) is 8.25. The lowest BCUT2D eigenvalue weighted by atomic mass is 9.94. The Labute approximate surface area is 124 Å². The molecule has 5 N–H and O–H groups in total. The highest BCUT2D eigenvalue weighted by Crippen LogP contribution is 2.18. The van der Waals surface area contributed by atoms with Crippen LogP contribution in [-0.2, 0) is 6.54 Å². The number of nitrogens with one attached hydrogen (secondary N) is 2. The van der Waals surface area contributed by atoms with E-state index < -0.39 is 16.9 Å². The predicted molar refractivity (Wildman–Crippen MR) is 84.6 cm³/mol. The van der Waals surface area contributed by atoms with Gasteiger partial charge in [-0.3, -0.25) is 14.3 Å². The van der Waals surface area contributed by atoms with Gasteiger partial charge in [-0.25, -0.2) is 4.79 Å². The first-order valence-corrected chi connectivity index (χ1v) is 7.26. The summed E-state index contributed by atoms with van der Waals surface area (Å²) in [5.41, 5.74) is 3.99. The molecule has 1 atom stereocenters. The molecule has 120 valence electrons. The van der Waals surface area contributed by atoms with E-state index in [0.717, 1.165) is 6.42 Å². The Morgan fingerprint density at radius 1 is 1.43 bits per heavy atom. The fourth-order valence-electron chi connectivity index (χ4n) is 2.43. The number of aromatic nitrogens is 2. The van der Waals surface area contributed by atoms with E-state index in [9.17, 15) is 14.7 Å². The molecule has 7 heteroatoms. The quantitative estimate of drug-likeness (QED) is 0.593. The Hall–Kier alpha value is -1.76. The fourth-order valence-corrected chi connectivity index (χ4v) is 2.43. The van der Waals surface area contributed by atoms with E-state index in [2.05, 4.69) is 10.3 Å². The number of nitrogen functional groups attached to an aromatic ring is 1. The lowest BCUT2D eigenvalue weighted by Crippen LogP contribution is -2.39. The molecule has 21 heavy (non-hydrogen) atoms. The van der Waals surface area contributed by atoms with Crippen LogP contribution in [0.25, 0.3) is 0 Å². The van der Waals surface area contributed by atoms with Crippen LogP contribution in [0, 0.1) is 5.92 Å². The first kappa shape index (κ1) is 17.3. The highest BCUT2D eigenvalue weighted by atomic mass is 16.3. The zero-order chi connectivity index (χ0) is 16.2. The van der Waals surface area contributed by atoms with Crippen molar-refractivity contribution in [2.24, 2.45) is 5.92 Å². The van der Waals surface area contributed by atoms with E-state index in [1.807, 2.05) is 20.8 Å². The van der Waals surface area contributed by atoms with Crippen molar-refractivity contribution in [1.29, 1.82) is 0 Å². The van der Waals surface area contributed by atoms with E-state index >= 15 is 0 Å². The Morgan fingerprint density at radius 3 is 2.57 bits per heavy atom. The maximum Gasteiger partial charge on any atom is 0.330 e. The standard InChI is InChI=1S/C14H26N4O3/c1-5-6-18-11(15)10(12(19)17-13(18)20)16-8-14(4,21)7-9(2)3/h9,16,21H,5-8,15H2,1-4H3,(H,17,19,20). The zero-order valence-electron chi connectivity index (χ0n) is 13.2. The summed E-state index contributed by atoms with van der Waals surface area (Å²) in [6, 6.07) is 0. The van der Waals surface area contributed by atoms with Crippen molar-refractivity contribution in [1.82, 2.24) is 9.55 Å². The Morgan fingerprint density at radius 2 is 2.05 bits per heavy atom. The minimum Gasteiger partial charge on any atom is -0.388 e. The van der Waals surface area contributed by atoms with Gasteiger partial charge >= 0.3 is 5.69 Å². The number of aliphatic hydroxyl groups is 1. The second-order valence-corrected chi connectivity index (χ2v) is 6.12. The molecular formula is C14H26N4O3.